The Bertz CT molecular complexity index is 346. The first-order valence-corrected chi connectivity index (χ1v) is 4.90. The largest absolute Gasteiger partial charge is 0.417 e. The lowest BCUT2D eigenvalue weighted by Gasteiger charge is -2.26. The van der Waals surface area contributed by atoms with Crippen LogP contribution in [0.3, 0.4) is 0 Å². The highest BCUT2D eigenvalue weighted by Gasteiger charge is 2.30. The van der Waals surface area contributed by atoms with E-state index in [0.717, 1.165) is 25.4 Å². The quantitative estimate of drug-likeness (QED) is 0.859. The highest BCUT2D eigenvalue weighted by molar-refractivity contribution is 5.16. The molecule has 0 aliphatic carbocycles. The first-order valence-electron chi connectivity index (χ1n) is 4.90. The number of nitrogens with one attached hydrogen (secondary N) is 1. The summed E-state index contributed by atoms with van der Waals surface area (Å²) >= 11 is 0. The third-order valence-corrected chi connectivity index (χ3v) is 2.36. The minimum atomic E-state index is -4.33. The number of pyridine rings is 1. The summed E-state index contributed by atoms with van der Waals surface area (Å²) in [7, 11) is 0. The molecule has 2 heterocycles. The molecular weight excluding hydrogens is 221 g/mol. The van der Waals surface area contributed by atoms with Crippen LogP contribution in [0.5, 0.6) is 0 Å². The maximum absolute atomic E-state index is 12.2. The molecule has 1 N–H and O–H groups in total. The molecule has 0 aromatic carbocycles. The van der Waals surface area contributed by atoms with E-state index in [1.54, 1.807) is 0 Å². The summed E-state index contributed by atoms with van der Waals surface area (Å²) in [5, 5.41) is 3.03. The van der Waals surface area contributed by atoms with Crippen molar-refractivity contribution in [3.63, 3.8) is 0 Å². The fourth-order valence-electron chi connectivity index (χ4n) is 1.26. The van der Waals surface area contributed by atoms with E-state index in [9.17, 15) is 13.2 Å². The van der Waals surface area contributed by atoms with Crippen molar-refractivity contribution < 1.29 is 17.9 Å². The first kappa shape index (κ1) is 11.3. The molecule has 1 fully saturated rings. The molecule has 0 radical (unpaired) electrons. The fraction of sp³-hybridized carbons (Fsp3) is 0.500. The van der Waals surface area contributed by atoms with Crippen molar-refractivity contribution in [3.05, 3.63) is 29.6 Å². The number of hydrogen-bond donors (Lipinski definition) is 1. The second-order valence-electron chi connectivity index (χ2n) is 3.63. The third-order valence-electron chi connectivity index (χ3n) is 2.36. The monoisotopic (exact) mass is 232 g/mol. The van der Waals surface area contributed by atoms with Crippen LogP contribution in [0.25, 0.3) is 0 Å². The maximum Gasteiger partial charge on any atom is 0.417 e. The predicted octanol–water partition coefficient (Wildman–Crippen LogP) is 1.59. The minimum Gasteiger partial charge on any atom is -0.369 e. The fourth-order valence-corrected chi connectivity index (χ4v) is 1.26. The van der Waals surface area contributed by atoms with Gasteiger partial charge in [-0.2, -0.15) is 13.2 Å². The summed E-state index contributed by atoms with van der Waals surface area (Å²) in [4.78, 5) is 3.71. The van der Waals surface area contributed by atoms with Gasteiger partial charge in [-0.1, -0.05) is 0 Å². The number of nitrogens with zero attached hydrogens (tertiary/aromatic N) is 1. The van der Waals surface area contributed by atoms with E-state index in [0.29, 0.717) is 5.69 Å². The van der Waals surface area contributed by atoms with Crippen LogP contribution in [0.2, 0.25) is 0 Å². The lowest BCUT2D eigenvalue weighted by Crippen LogP contribution is -2.48. The van der Waals surface area contributed by atoms with E-state index in [2.05, 4.69) is 10.3 Å². The van der Waals surface area contributed by atoms with Gasteiger partial charge in [0.25, 0.3) is 0 Å². The average Bonchev–Trinajstić information content (AvgIpc) is 2.15. The van der Waals surface area contributed by atoms with Gasteiger partial charge in [-0.25, -0.2) is 0 Å². The van der Waals surface area contributed by atoms with Crippen LogP contribution in [-0.2, 0) is 17.5 Å². The smallest absolute Gasteiger partial charge is 0.369 e. The molecule has 16 heavy (non-hydrogen) atoms. The van der Waals surface area contributed by atoms with Gasteiger partial charge in [0.1, 0.15) is 0 Å². The molecule has 1 aromatic rings. The van der Waals surface area contributed by atoms with Gasteiger partial charge >= 0.3 is 6.18 Å². The first-order chi connectivity index (χ1) is 7.55. The van der Waals surface area contributed by atoms with Crippen molar-refractivity contribution in [1.29, 1.82) is 0 Å². The van der Waals surface area contributed by atoms with Crippen molar-refractivity contribution in [2.75, 3.05) is 13.1 Å². The van der Waals surface area contributed by atoms with Gasteiger partial charge in [-0.05, 0) is 12.1 Å². The molecular formula is C10H11F3N2O. The van der Waals surface area contributed by atoms with Crippen LogP contribution < -0.4 is 5.32 Å². The average molecular weight is 232 g/mol. The van der Waals surface area contributed by atoms with E-state index in [1.807, 2.05) is 0 Å². The Balaban J connectivity index is 1.91. The van der Waals surface area contributed by atoms with Gasteiger partial charge < -0.3 is 10.1 Å². The molecule has 1 aliphatic heterocycles. The molecule has 0 amide bonds. The zero-order valence-electron chi connectivity index (χ0n) is 8.42. The summed E-state index contributed by atoms with van der Waals surface area (Å²) in [6.07, 6.45) is -3.34. The van der Waals surface area contributed by atoms with Crippen molar-refractivity contribution >= 4 is 0 Å². The second-order valence-corrected chi connectivity index (χ2v) is 3.63. The zero-order chi connectivity index (χ0) is 11.6. The number of hydrogen-bond acceptors (Lipinski definition) is 3. The topological polar surface area (TPSA) is 34.1 Å². The minimum absolute atomic E-state index is 0.157. The van der Waals surface area contributed by atoms with Crippen molar-refractivity contribution in [3.8, 4) is 0 Å². The standard InChI is InChI=1S/C10H11F3N2O/c11-10(12,13)7-1-2-8(15-3-7)6-16-9-4-14-5-9/h1-3,9,14H,4-6H2. The van der Waals surface area contributed by atoms with Crippen LogP contribution in [0.15, 0.2) is 18.3 Å². The van der Waals surface area contributed by atoms with E-state index in [4.69, 9.17) is 4.74 Å². The maximum atomic E-state index is 12.2. The molecule has 0 saturated carbocycles. The molecule has 0 bridgehead atoms. The van der Waals surface area contributed by atoms with Gasteiger partial charge in [-0.15, -0.1) is 0 Å². The zero-order valence-corrected chi connectivity index (χ0v) is 8.42. The van der Waals surface area contributed by atoms with E-state index < -0.39 is 11.7 Å². The van der Waals surface area contributed by atoms with Gasteiger partial charge in [0.05, 0.1) is 24.0 Å². The summed E-state index contributed by atoms with van der Waals surface area (Å²) < 4.78 is 42.0. The number of ether oxygens (including phenoxy) is 1. The van der Waals surface area contributed by atoms with Gasteiger partial charge in [-0.3, -0.25) is 4.98 Å². The Morgan fingerprint density at radius 3 is 2.56 bits per heavy atom. The number of halogens is 3. The van der Waals surface area contributed by atoms with Crippen LogP contribution in [0, 0.1) is 0 Å². The molecule has 88 valence electrons. The van der Waals surface area contributed by atoms with Crippen molar-refractivity contribution in [2.24, 2.45) is 0 Å². The van der Waals surface area contributed by atoms with Gasteiger partial charge in [0.2, 0.25) is 0 Å². The summed E-state index contributed by atoms with van der Waals surface area (Å²) in [5.74, 6) is 0. The molecule has 1 aliphatic rings. The summed E-state index contributed by atoms with van der Waals surface area (Å²) in [6, 6.07) is 2.36. The molecule has 6 heteroatoms. The Labute approximate surface area is 90.6 Å². The van der Waals surface area contributed by atoms with E-state index >= 15 is 0 Å². The van der Waals surface area contributed by atoms with Gasteiger partial charge in [0, 0.05) is 19.3 Å². The van der Waals surface area contributed by atoms with Crippen LogP contribution in [-0.4, -0.2) is 24.2 Å². The SMILES string of the molecule is FC(F)(F)c1ccc(COC2CNC2)nc1. The molecule has 2 rings (SSSR count). The normalized spacial score (nSPS) is 17.2. The predicted molar refractivity (Wildman–Crippen MR) is 50.7 cm³/mol. The Morgan fingerprint density at radius 1 is 1.38 bits per heavy atom. The molecule has 0 atom stereocenters. The summed E-state index contributed by atoms with van der Waals surface area (Å²) in [6.45, 7) is 1.84. The van der Waals surface area contributed by atoms with Crippen LogP contribution in [0.1, 0.15) is 11.3 Å². The van der Waals surface area contributed by atoms with Crippen LogP contribution >= 0.6 is 0 Å². The Kier molecular flexibility index (Phi) is 3.11. The highest BCUT2D eigenvalue weighted by Crippen LogP contribution is 2.28. The number of alkyl halides is 3. The van der Waals surface area contributed by atoms with Crippen molar-refractivity contribution in [2.45, 2.75) is 18.9 Å². The molecule has 0 unspecified atom stereocenters. The van der Waals surface area contributed by atoms with Crippen LogP contribution in [0.4, 0.5) is 13.2 Å². The molecule has 3 nitrogen and oxygen atoms in total. The third kappa shape index (κ3) is 2.70. The van der Waals surface area contributed by atoms with Gasteiger partial charge in [0.15, 0.2) is 0 Å². The molecule has 1 saturated heterocycles. The second kappa shape index (κ2) is 4.39. The van der Waals surface area contributed by atoms with E-state index in [-0.39, 0.29) is 12.7 Å². The number of rotatable bonds is 3. The Morgan fingerprint density at radius 2 is 2.12 bits per heavy atom. The summed E-state index contributed by atoms with van der Waals surface area (Å²) in [5.41, 5.74) is -0.221. The molecule has 0 spiro atoms. The number of aromatic nitrogens is 1. The lowest BCUT2D eigenvalue weighted by molar-refractivity contribution is -0.137. The molecule has 1 aromatic heterocycles. The Hall–Kier alpha value is -1.14. The highest BCUT2D eigenvalue weighted by atomic mass is 19.4. The van der Waals surface area contributed by atoms with E-state index in [1.165, 1.54) is 6.07 Å². The van der Waals surface area contributed by atoms with Crippen molar-refractivity contribution in [1.82, 2.24) is 10.3 Å². The lowest BCUT2D eigenvalue weighted by atomic mass is 10.2.